The lowest BCUT2D eigenvalue weighted by Crippen LogP contribution is -2.34. The van der Waals surface area contributed by atoms with Gasteiger partial charge in [0.2, 0.25) is 0 Å². The maximum Gasteiger partial charge on any atom is 0.251 e. The van der Waals surface area contributed by atoms with E-state index in [9.17, 15) is 4.79 Å². The molecule has 0 aliphatic carbocycles. The molecule has 1 amide bonds. The van der Waals surface area contributed by atoms with Gasteiger partial charge in [-0.1, -0.05) is 12.1 Å². The number of nitrogens with one attached hydrogen (secondary N) is 1. The van der Waals surface area contributed by atoms with Crippen LogP contribution in [-0.4, -0.2) is 45.2 Å². The molecule has 5 nitrogen and oxygen atoms in total. The van der Waals surface area contributed by atoms with Crippen molar-refractivity contribution in [2.24, 2.45) is 0 Å². The molecule has 0 aliphatic heterocycles. The highest BCUT2D eigenvalue weighted by Crippen LogP contribution is 2.21. The molecule has 25 heavy (non-hydrogen) atoms. The van der Waals surface area contributed by atoms with Gasteiger partial charge in [0.1, 0.15) is 11.5 Å². The summed E-state index contributed by atoms with van der Waals surface area (Å²) in [6, 6.07) is 15.2. The first-order valence-electron chi connectivity index (χ1n) is 8.36. The van der Waals surface area contributed by atoms with Crippen LogP contribution in [0.15, 0.2) is 48.5 Å². The fraction of sp³-hybridized carbons (Fsp3) is 0.350. The van der Waals surface area contributed by atoms with Crippen LogP contribution < -0.4 is 14.8 Å². The molecule has 5 heteroatoms. The number of nitrogens with zero attached hydrogens (tertiary/aromatic N) is 1. The van der Waals surface area contributed by atoms with Gasteiger partial charge in [0.15, 0.2) is 0 Å². The van der Waals surface area contributed by atoms with Gasteiger partial charge in [-0.15, -0.1) is 0 Å². The summed E-state index contributed by atoms with van der Waals surface area (Å²) in [6.45, 7) is 3.06. The summed E-state index contributed by atoms with van der Waals surface area (Å²) >= 11 is 0. The second kappa shape index (κ2) is 9.08. The van der Waals surface area contributed by atoms with E-state index in [-0.39, 0.29) is 11.9 Å². The molecular weight excluding hydrogens is 316 g/mol. The fourth-order valence-electron chi connectivity index (χ4n) is 2.59. The highest BCUT2D eigenvalue weighted by atomic mass is 16.5. The zero-order chi connectivity index (χ0) is 18.2. The Morgan fingerprint density at radius 2 is 1.64 bits per heavy atom. The Hall–Kier alpha value is -2.53. The van der Waals surface area contributed by atoms with Gasteiger partial charge in [-0.05, 0) is 63.0 Å². The molecule has 0 spiro atoms. The number of carbonyl (C=O) groups is 1. The Morgan fingerprint density at radius 3 is 2.16 bits per heavy atom. The molecule has 0 aliphatic rings. The van der Waals surface area contributed by atoms with Crippen LogP contribution in [0.3, 0.4) is 0 Å². The molecule has 0 bridgehead atoms. The SMILES string of the molecule is CCOc1ccc(C(=O)NCC(c2ccc(OC)cc2)N(C)C)cc1. The minimum Gasteiger partial charge on any atom is -0.497 e. The number of carbonyl (C=O) groups excluding carboxylic acids is 1. The van der Waals surface area contributed by atoms with E-state index in [4.69, 9.17) is 9.47 Å². The molecule has 134 valence electrons. The Kier molecular flexibility index (Phi) is 6.83. The highest BCUT2D eigenvalue weighted by Gasteiger charge is 2.16. The molecule has 0 aromatic heterocycles. The topological polar surface area (TPSA) is 50.8 Å². The van der Waals surface area contributed by atoms with Crippen LogP contribution in [0.1, 0.15) is 28.9 Å². The van der Waals surface area contributed by atoms with E-state index < -0.39 is 0 Å². The fourth-order valence-corrected chi connectivity index (χ4v) is 2.59. The summed E-state index contributed by atoms with van der Waals surface area (Å²) in [5.74, 6) is 1.49. The Bertz CT molecular complexity index is 666. The number of likely N-dealkylation sites (N-methyl/N-ethyl adjacent to an activating group) is 1. The zero-order valence-electron chi connectivity index (χ0n) is 15.3. The van der Waals surface area contributed by atoms with E-state index in [2.05, 4.69) is 10.2 Å². The minimum absolute atomic E-state index is 0.0811. The first kappa shape index (κ1) is 18.8. The van der Waals surface area contributed by atoms with Crippen LogP contribution in [0.4, 0.5) is 0 Å². The van der Waals surface area contributed by atoms with Gasteiger partial charge in [0.25, 0.3) is 5.91 Å². The maximum absolute atomic E-state index is 12.4. The van der Waals surface area contributed by atoms with Crippen molar-refractivity contribution in [3.05, 3.63) is 59.7 Å². The quantitative estimate of drug-likeness (QED) is 0.801. The molecule has 0 fully saturated rings. The summed E-state index contributed by atoms with van der Waals surface area (Å²) < 4.78 is 10.6. The zero-order valence-corrected chi connectivity index (χ0v) is 15.3. The summed E-state index contributed by atoms with van der Waals surface area (Å²) in [5, 5.41) is 3.01. The van der Waals surface area contributed by atoms with E-state index in [1.165, 1.54) is 0 Å². The van der Waals surface area contributed by atoms with E-state index in [1.807, 2.05) is 57.4 Å². The van der Waals surface area contributed by atoms with Crippen LogP contribution >= 0.6 is 0 Å². The largest absolute Gasteiger partial charge is 0.497 e. The van der Waals surface area contributed by atoms with Crippen LogP contribution in [0.25, 0.3) is 0 Å². The maximum atomic E-state index is 12.4. The first-order valence-corrected chi connectivity index (χ1v) is 8.36. The van der Waals surface area contributed by atoms with Crippen molar-refractivity contribution in [2.75, 3.05) is 34.4 Å². The van der Waals surface area contributed by atoms with Crippen molar-refractivity contribution in [1.29, 1.82) is 0 Å². The standard InChI is InChI=1S/C20H26N2O3/c1-5-25-18-12-8-16(9-13-18)20(23)21-14-19(22(2)3)15-6-10-17(24-4)11-7-15/h6-13,19H,5,14H2,1-4H3,(H,21,23). The molecule has 0 heterocycles. The van der Waals surface area contributed by atoms with Crippen LogP contribution in [0.2, 0.25) is 0 Å². The first-order chi connectivity index (χ1) is 12.0. The number of methoxy groups -OCH3 is 1. The normalized spacial score (nSPS) is 11.9. The van der Waals surface area contributed by atoms with Gasteiger partial charge in [-0.2, -0.15) is 0 Å². The molecule has 1 atom stereocenters. The Labute approximate surface area is 149 Å². The van der Waals surface area contributed by atoms with Crippen molar-refractivity contribution in [1.82, 2.24) is 10.2 Å². The van der Waals surface area contributed by atoms with Gasteiger partial charge in [0.05, 0.1) is 19.8 Å². The Morgan fingerprint density at radius 1 is 1.04 bits per heavy atom. The summed E-state index contributed by atoms with van der Waals surface area (Å²) in [7, 11) is 5.64. The van der Waals surface area contributed by atoms with Crippen LogP contribution in [0, 0.1) is 0 Å². The highest BCUT2D eigenvalue weighted by molar-refractivity contribution is 5.94. The molecule has 2 aromatic carbocycles. The molecule has 0 saturated heterocycles. The van der Waals surface area contributed by atoms with Crippen molar-refractivity contribution >= 4 is 5.91 Å². The Balaban J connectivity index is 2.01. The van der Waals surface area contributed by atoms with Gasteiger partial charge >= 0.3 is 0 Å². The van der Waals surface area contributed by atoms with Crippen molar-refractivity contribution in [3.8, 4) is 11.5 Å². The summed E-state index contributed by atoms with van der Waals surface area (Å²) in [5.41, 5.74) is 1.74. The number of amides is 1. The lowest BCUT2D eigenvalue weighted by Gasteiger charge is -2.25. The van der Waals surface area contributed by atoms with E-state index in [0.29, 0.717) is 18.7 Å². The number of rotatable bonds is 8. The third kappa shape index (κ3) is 5.22. The third-order valence-corrected chi connectivity index (χ3v) is 4.01. The molecular formula is C20H26N2O3. The van der Waals surface area contributed by atoms with E-state index >= 15 is 0 Å². The monoisotopic (exact) mass is 342 g/mol. The number of hydrogen-bond donors (Lipinski definition) is 1. The smallest absolute Gasteiger partial charge is 0.251 e. The number of ether oxygens (including phenoxy) is 2. The minimum atomic E-state index is -0.0941. The lowest BCUT2D eigenvalue weighted by molar-refractivity contribution is 0.0942. The molecule has 2 aromatic rings. The predicted molar refractivity (Wildman–Crippen MR) is 99.4 cm³/mol. The van der Waals surface area contributed by atoms with E-state index in [1.54, 1.807) is 19.2 Å². The van der Waals surface area contributed by atoms with Crippen molar-refractivity contribution < 1.29 is 14.3 Å². The molecule has 1 N–H and O–H groups in total. The van der Waals surface area contributed by atoms with Gasteiger partial charge in [-0.3, -0.25) is 4.79 Å². The van der Waals surface area contributed by atoms with Crippen LogP contribution in [-0.2, 0) is 0 Å². The molecule has 2 rings (SSSR count). The predicted octanol–water partition coefficient (Wildman–Crippen LogP) is 3.13. The van der Waals surface area contributed by atoms with Gasteiger partial charge in [-0.25, -0.2) is 0 Å². The van der Waals surface area contributed by atoms with E-state index in [0.717, 1.165) is 17.1 Å². The second-order valence-electron chi connectivity index (χ2n) is 5.92. The summed E-state index contributed by atoms with van der Waals surface area (Å²) in [6.07, 6.45) is 0. The average Bonchev–Trinajstić information content (AvgIpc) is 2.63. The van der Waals surface area contributed by atoms with Gasteiger partial charge < -0.3 is 19.7 Å². The molecule has 1 unspecified atom stereocenters. The second-order valence-corrected chi connectivity index (χ2v) is 5.92. The van der Waals surface area contributed by atoms with Crippen LogP contribution in [0.5, 0.6) is 11.5 Å². The summed E-state index contributed by atoms with van der Waals surface area (Å²) in [4.78, 5) is 14.5. The lowest BCUT2D eigenvalue weighted by atomic mass is 10.1. The molecule has 0 saturated carbocycles. The number of hydrogen-bond acceptors (Lipinski definition) is 4. The molecule has 0 radical (unpaired) electrons. The third-order valence-electron chi connectivity index (χ3n) is 4.01. The van der Waals surface area contributed by atoms with Gasteiger partial charge in [0, 0.05) is 12.1 Å². The van der Waals surface area contributed by atoms with Crippen molar-refractivity contribution in [3.63, 3.8) is 0 Å². The van der Waals surface area contributed by atoms with Crippen molar-refractivity contribution in [2.45, 2.75) is 13.0 Å². The number of benzene rings is 2. The average molecular weight is 342 g/mol.